The number of carbonyl (C=O) groups is 3. The van der Waals surface area contributed by atoms with Gasteiger partial charge < -0.3 is 24.6 Å². The second kappa shape index (κ2) is 10.2. The van der Waals surface area contributed by atoms with E-state index in [-0.39, 0.29) is 31.1 Å². The Bertz CT molecular complexity index is 971. The average molecular weight is 437 g/mol. The summed E-state index contributed by atoms with van der Waals surface area (Å²) in [6.07, 6.45) is 2.20. The molecule has 1 N–H and O–H groups in total. The van der Waals surface area contributed by atoms with Crippen LogP contribution in [0.5, 0.6) is 11.5 Å². The van der Waals surface area contributed by atoms with Crippen LogP contribution in [-0.2, 0) is 16.0 Å². The van der Waals surface area contributed by atoms with E-state index >= 15 is 0 Å². The minimum atomic E-state index is -0.344. The standard InChI is InChI=1S/C24H27N3O5/c28-22(8-4-7-18-5-2-1-3-6-18)26-11-13-27(14-12-26)23(29)16-25-24(30)19-9-10-20-21(15-19)32-17-31-20/h1-3,5-6,9-10,15H,4,7-8,11-14,16-17H2,(H,25,30). The lowest BCUT2D eigenvalue weighted by molar-refractivity contribution is -0.139. The number of rotatable bonds is 7. The third-order valence-corrected chi connectivity index (χ3v) is 5.72. The predicted molar refractivity (Wildman–Crippen MR) is 117 cm³/mol. The number of piperazine rings is 1. The molecule has 0 aromatic heterocycles. The molecule has 2 aromatic carbocycles. The molecule has 2 heterocycles. The number of amides is 3. The molecule has 0 bridgehead atoms. The molecular weight excluding hydrogens is 410 g/mol. The van der Waals surface area contributed by atoms with Gasteiger partial charge in [0, 0.05) is 38.2 Å². The lowest BCUT2D eigenvalue weighted by Gasteiger charge is -2.35. The van der Waals surface area contributed by atoms with Crippen molar-refractivity contribution in [1.82, 2.24) is 15.1 Å². The van der Waals surface area contributed by atoms with Gasteiger partial charge in [0.2, 0.25) is 18.6 Å². The van der Waals surface area contributed by atoms with Crippen LogP contribution in [-0.4, -0.2) is 67.0 Å². The molecule has 2 aromatic rings. The number of benzene rings is 2. The number of hydrogen-bond donors (Lipinski definition) is 1. The van der Waals surface area contributed by atoms with E-state index in [4.69, 9.17) is 9.47 Å². The number of hydrogen-bond acceptors (Lipinski definition) is 5. The van der Waals surface area contributed by atoms with Crippen LogP contribution < -0.4 is 14.8 Å². The number of fused-ring (bicyclic) bond motifs is 1. The Morgan fingerprint density at radius 1 is 0.844 bits per heavy atom. The predicted octanol–water partition coefficient (Wildman–Crippen LogP) is 1.84. The Labute approximate surface area is 187 Å². The summed E-state index contributed by atoms with van der Waals surface area (Å²) in [4.78, 5) is 40.8. The summed E-state index contributed by atoms with van der Waals surface area (Å²) in [7, 11) is 0. The molecule has 0 saturated carbocycles. The van der Waals surface area contributed by atoms with Gasteiger partial charge in [-0.15, -0.1) is 0 Å². The van der Waals surface area contributed by atoms with Gasteiger partial charge in [-0.2, -0.15) is 0 Å². The van der Waals surface area contributed by atoms with Gasteiger partial charge in [0.15, 0.2) is 11.5 Å². The van der Waals surface area contributed by atoms with Crippen molar-refractivity contribution in [3.8, 4) is 11.5 Å². The molecule has 2 aliphatic heterocycles. The van der Waals surface area contributed by atoms with E-state index in [0.717, 1.165) is 12.8 Å². The van der Waals surface area contributed by atoms with Gasteiger partial charge >= 0.3 is 0 Å². The summed E-state index contributed by atoms with van der Waals surface area (Å²) in [6, 6.07) is 15.0. The Hall–Kier alpha value is -3.55. The maximum Gasteiger partial charge on any atom is 0.251 e. The topological polar surface area (TPSA) is 88.2 Å². The Morgan fingerprint density at radius 2 is 1.53 bits per heavy atom. The number of aryl methyl sites for hydroxylation is 1. The highest BCUT2D eigenvalue weighted by Crippen LogP contribution is 2.32. The van der Waals surface area contributed by atoms with Crippen molar-refractivity contribution in [2.24, 2.45) is 0 Å². The molecule has 8 heteroatoms. The molecule has 8 nitrogen and oxygen atoms in total. The third kappa shape index (κ3) is 5.38. The summed E-state index contributed by atoms with van der Waals surface area (Å²) >= 11 is 0. The number of nitrogens with one attached hydrogen (secondary N) is 1. The summed E-state index contributed by atoms with van der Waals surface area (Å²) in [6.45, 7) is 2.04. The van der Waals surface area contributed by atoms with Crippen LogP contribution in [0.3, 0.4) is 0 Å². The molecule has 3 amide bonds. The van der Waals surface area contributed by atoms with E-state index < -0.39 is 0 Å². The van der Waals surface area contributed by atoms with Gasteiger partial charge in [-0.25, -0.2) is 0 Å². The van der Waals surface area contributed by atoms with Gasteiger partial charge in [-0.3, -0.25) is 14.4 Å². The molecule has 1 fully saturated rings. The third-order valence-electron chi connectivity index (χ3n) is 5.72. The van der Waals surface area contributed by atoms with Gasteiger partial charge in [-0.05, 0) is 36.6 Å². The largest absolute Gasteiger partial charge is 0.454 e. The van der Waals surface area contributed by atoms with Gasteiger partial charge in [0.1, 0.15) is 0 Å². The SMILES string of the molecule is O=C(NCC(=O)N1CCN(C(=O)CCCc2ccccc2)CC1)c1ccc2c(c1)OCO2. The fraction of sp³-hybridized carbons (Fsp3) is 0.375. The molecule has 2 aliphatic rings. The zero-order valence-corrected chi connectivity index (χ0v) is 17.9. The normalized spacial score (nSPS) is 14.9. The van der Waals surface area contributed by atoms with Gasteiger partial charge in [0.25, 0.3) is 5.91 Å². The fourth-order valence-electron chi connectivity index (χ4n) is 3.86. The second-order valence-electron chi connectivity index (χ2n) is 7.85. The first-order chi connectivity index (χ1) is 15.6. The van der Waals surface area contributed by atoms with E-state index in [9.17, 15) is 14.4 Å². The average Bonchev–Trinajstić information content (AvgIpc) is 3.31. The lowest BCUT2D eigenvalue weighted by Crippen LogP contribution is -2.52. The van der Waals surface area contributed by atoms with Crippen LogP contribution >= 0.6 is 0 Å². The summed E-state index contributed by atoms with van der Waals surface area (Å²) in [5, 5.41) is 2.66. The zero-order chi connectivity index (χ0) is 22.3. The Kier molecular flexibility index (Phi) is 6.89. The summed E-state index contributed by atoms with van der Waals surface area (Å²) in [5.41, 5.74) is 1.64. The van der Waals surface area contributed by atoms with E-state index in [1.165, 1.54) is 5.56 Å². The lowest BCUT2D eigenvalue weighted by atomic mass is 10.1. The monoisotopic (exact) mass is 437 g/mol. The highest BCUT2D eigenvalue weighted by Gasteiger charge is 2.24. The smallest absolute Gasteiger partial charge is 0.251 e. The first kappa shape index (κ1) is 21.7. The summed E-state index contributed by atoms with van der Waals surface area (Å²) in [5.74, 6) is 0.752. The first-order valence-electron chi connectivity index (χ1n) is 10.9. The van der Waals surface area contributed by atoms with Crippen LogP contribution in [0, 0.1) is 0 Å². The van der Waals surface area contributed by atoms with Crippen LogP contribution in [0.15, 0.2) is 48.5 Å². The van der Waals surface area contributed by atoms with Crippen LogP contribution in [0.25, 0.3) is 0 Å². The van der Waals surface area contributed by atoms with E-state index in [1.54, 1.807) is 23.1 Å². The number of ether oxygens (including phenoxy) is 2. The Balaban J connectivity index is 1.16. The molecule has 0 atom stereocenters. The van der Waals surface area contributed by atoms with Crippen molar-refractivity contribution in [3.63, 3.8) is 0 Å². The van der Waals surface area contributed by atoms with Crippen LogP contribution in [0.2, 0.25) is 0 Å². The quantitative estimate of drug-likeness (QED) is 0.714. The van der Waals surface area contributed by atoms with Crippen molar-refractivity contribution in [2.75, 3.05) is 39.5 Å². The van der Waals surface area contributed by atoms with E-state index in [0.29, 0.717) is 49.7 Å². The fourth-order valence-corrected chi connectivity index (χ4v) is 3.86. The number of carbonyl (C=O) groups excluding carboxylic acids is 3. The molecule has 0 spiro atoms. The maximum absolute atomic E-state index is 12.5. The van der Waals surface area contributed by atoms with Crippen LogP contribution in [0.4, 0.5) is 0 Å². The molecule has 168 valence electrons. The minimum absolute atomic E-state index is 0.0850. The molecule has 0 radical (unpaired) electrons. The van der Waals surface area contributed by atoms with Crippen molar-refractivity contribution >= 4 is 17.7 Å². The van der Waals surface area contributed by atoms with E-state index in [1.807, 2.05) is 23.1 Å². The van der Waals surface area contributed by atoms with Crippen molar-refractivity contribution in [3.05, 3.63) is 59.7 Å². The molecule has 0 aliphatic carbocycles. The minimum Gasteiger partial charge on any atom is -0.454 e. The molecule has 4 rings (SSSR count). The molecule has 1 saturated heterocycles. The Morgan fingerprint density at radius 3 is 2.28 bits per heavy atom. The van der Waals surface area contributed by atoms with Crippen molar-refractivity contribution in [1.29, 1.82) is 0 Å². The molecule has 0 unspecified atom stereocenters. The van der Waals surface area contributed by atoms with Gasteiger partial charge in [-0.1, -0.05) is 30.3 Å². The highest BCUT2D eigenvalue weighted by atomic mass is 16.7. The maximum atomic E-state index is 12.5. The van der Waals surface area contributed by atoms with Gasteiger partial charge in [0.05, 0.1) is 6.54 Å². The number of nitrogens with zero attached hydrogens (tertiary/aromatic N) is 2. The molecule has 32 heavy (non-hydrogen) atoms. The zero-order valence-electron chi connectivity index (χ0n) is 17.9. The second-order valence-corrected chi connectivity index (χ2v) is 7.85. The highest BCUT2D eigenvalue weighted by molar-refractivity contribution is 5.97. The molecular formula is C24H27N3O5. The van der Waals surface area contributed by atoms with Crippen molar-refractivity contribution < 1.29 is 23.9 Å². The van der Waals surface area contributed by atoms with Crippen LogP contribution in [0.1, 0.15) is 28.8 Å². The van der Waals surface area contributed by atoms with Crippen molar-refractivity contribution in [2.45, 2.75) is 19.3 Å². The summed E-state index contributed by atoms with van der Waals surface area (Å²) < 4.78 is 10.5. The van der Waals surface area contributed by atoms with E-state index in [2.05, 4.69) is 17.4 Å². The first-order valence-corrected chi connectivity index (χ1v) is 10.9.